The number of ether oxygens (including phenoxy) is 1. The number of hydrogen-bond acceptors (Lipinski definition) is 5. The molecule has 0 unspecified atom stereocenters. The lowest BCUT2D eigenvalue weighted by molar-refractivity contribution is 0.373. The van der Waals surface area contributed by atoms with E-state index in [9.17, 15) is 5.11 Å². The lowest BCUT2D eigenvalue weighted by Crippen LogP contribution is -2.06. The van der Waals surface area contributed by atoms with Crippen LogP contribution in [0.4, 0.5) is 5.82 Å². The van der Waals surface area contributed by atoms with Crippen molar-refractivity contribution < 1.29 is 9.84 Å². The van der Waals surface area contributed by atoms with E-state index in [2.05, 4.69) is 9.97 Å². The van der Waals surface area contributed by atoms with Gasteiger partial charge >= 0.3 is 0 Å². The fourth-order valence-corrected chi connectivity index (χ4v) is 2.75. The molecule has 0 spiro atoms. The standard InChI is InChI=1S/C16H19N3O2/c1-21-14-9-10(7-8-13(14)20)16-18-12-6-4-2-3-5-11(12)15(17)19-16/h7-9,20H,2-6H2,1H3,(H2,17,18,19). The zero-order valence-electron chi connectivity index (χ0n) is 12.1. The van der Waals surface area contributed by atoms with Crippen LogP contribution >= 0.6 is 0 Å². The van der Waals surface area contributed by atoms with E-state index in [-0.39, 0.29) is 5.75 Å². The number of nitrogen functional groups attached to an aromatic ring is 1. The van der Waals surface area contributed by atoms with E-state index < -0.39 is 0 Å². The van der Waals surface area contributed by atoms with Gasteiger partial charge in [0.1, 0.15) is 5.82 Å². The van der Waals surface area contributed by atoms with Gasteiger partial charge in [0.05, 0.1) is 7.11 Å². The molecule has 1 aromatic carbocycles. The third-order valence-corrected chi connectivity index (χ3v) is 3.90. The summed E-state index contributed by atoms with van der Waals surface area (Å²) in [6, 6.07) is 5.09. The van der Waals surface area contributed by atoms with Crippen molar-refractivity contribution in [2.75, 3.05) is 12.8 Å². The molecule has 2 aromatic rings. The smallest absolute Gasteiger partial charge is 0.161 e. The predicted octanol–water partition coefficient (Wildman–Crippen LogP) is 2.71. The van der Waals surface area contributed by atoms with Crippen LogP contribution in [0.2, 0.25) is 0 Å². The van der Waals surface area contributed by atoms with Gasteiger partial charge in [0.25, 0.3) is 0 Å². The Balaban J connectivity index is 2.07. The molecule has 0 aliphatic heterocycles. The Bertz CT molecular complexity index is 671. The molecule has 0 amide bonds. The van der Waals surface area contributed by atoms with E-state index in [4.69, 9.17) is 10.5 Å². The van der Waals surface area contributed by atoms with Crippen molar-refractivity contribution in [2.45, 2.75) is 32.1 Å². The van der Waals surface area contributed by atoms with Crippen LogP contribution in [-0.2, 0) is 12.8 Å². The van der Waals surface area contributed by atoms with Crippen LogP contribution < -0.4 is 10.5 Å². The number of benzene rings is 1. The first-order valence-corrected chi connectivity index (χ1v) is 7.21. The summed E-state index contributed by atoms with van der Waals surface area (Å²) in [5, 5.41) is 9.68. The minimum absolute atomic E-state index is 0.101. The molecule has 110 valence electrons. The summed E-state index contributed by atoms with van der Waals surface area (Å²) in [4.78, 5) is 9.11. The van der Waals surface area contributed by atoms with Crippen molar-refractivity contribution in [1.82, 2.24) is 9.97 Å². The molecule has 21 heavy (non-hydrogen) atoms. The number of anilines is 1. The predicted molar refractivity (Wildman–Crippen MR) is 81.4 cm³/mol. The van der Waals surface area contributed by atoms with Gasteiger partial charge in [-0.15, -0.1) is 0 Å². The van der Waals surface area contributed by atoms with Gasteiger partial charge in [-0.1, -0.05) is 6.42 Å². The molecule has 0 radical (unpaired) electrons. The molecule has 0 atom stereocenters. The number of nitrogens with two attached hydrogens (primary N) is 1. The normalized spacial score (nSPS) is 14.3. The summed E-state index contributed by atoms with van der Waals surface area (Å²) < 4.78 is 5.13. The number of phenolic OH excluding ortho intramolecular Hbond substituents is 1. The minimum atomic E-state index is 0.101. The Kier molecular flexibility index (Phi) is 3.64. The first-order valence-electron chi connectivity index (χ1n) is 7.21. The molecule has 1 heterocycles. The summed E-state index contributed by atoms with van der Waals surface area (Å²) in [5.74, 6) is 1.67. The van der Waals surface area contributed by atoms with Crippen molar-refractivity contribution in [2.24, 2.45) is 0 Å². The number of fused-ring (bicyclic) bond motifs is 1. The maximum atomic E-state index is 9.68. The average molecular weight is 285 g/mol. The van der Waals surface area contributed by atoms with Gasteiger partial charge in [0, 0.05) is 16.8 Å². The summed E-state index contributed by atoms with van der Waals surface area (Å²) in [6.45, 7) is 0. The number of methoxy groups -OCH3 is 1. The van der Waals surface area contributed by atoms with Gasteiger partial charge in [-0.05, 0) is 43.9 Å². The summed E-state index contributed by atoms with van der Waals surface area (Å²) in [6.07, 6.45) is 5.40. The van der Waals surface area contributed by atoms with E-state index >= 15 is 0 Å². The number of phenols is 1. The van der Waals surface area contributed by atoms with Crippen molar-refractivity contribution in [3.63, 3.8) is 0 Å². The maximum absolute atomic E-state index is 9.68. The van der Waals surface area contributed by atoms with Crippen LogP contribution in [0.3, 0.4) is 0 Å². The lowest BCUT2D eigenvalue weighted by Gasteiger charge is -2.11. The van der Waals surface area contributed by atoms with Gasteiger partial charge in [-0.25, -0.2) is 9.97 Å². The molecule has 1 aromatic heterocycles. The number of aryl methyl sites for hydroxylation is 1. The molecule has 0 saturated heterocycles. The van der Waals surface area contributed by atoms with E-state index in [1.807, 2.05) is 0 Å². The van der Waals surface area contributed by atoms with E-state index in [0.717, 1.165) is 42.5 Å². The van der Waals surface area contributed by atoms with Crippen LogP contribution in [-0.4, -0.2) is 22.2 Å². The summed E-state index contributed by atoms with van der Waals surface area (Å²) >= 11 is 0. The Morgan fingerprint density at radius 3 is 2.76 bits per heavy atom. The lowest BCUT2D eigenvalue weighted by atomic mass is 10.1. The SMILES string of the molecule is COc1cc(-c2nc(N)c3c(n2)CCCCC3)ccc1O. The number of rotatable bonds is 2. The first kappa shape index (κ1) is 13.7. The molecule has 3 rings (SSSR count). The average Bonchev–Trinajstić information content (AvgIpc) is 2.73. The highest BCUT2D eigenvalue weighted by Crippen LogP contribution is 2.32. The van der Waals surface area contributed by atoms with Crippen LogP contribution in [0.25, 0.3) is 11.4 Å². The zero-order chi connectivity index (χ0) is 14.8. The largest absolute Gasteiger partial charge is 0.504 e. The topological polar surface area (TPSA) is 81.3 Å². The highest BCUT2D eigenvalue weighted by molar-refractivity contribution is 5.63. The third-order valence-electron chi connectivity index (χ3n) is 3.90. The fraction of sp³-hybridized carbons (Fsp3) is 0.375. The second-order valence-corrected chi connectivity index (χ2v) is 5.30. The quantitative estimate of drug-likeness (QED) is 0.829. The van der Waals surface area contributed by atoms with Gasteiger partial charge in [-0.2, -0.15) is 0 Å². The first-order chi connectivity index (χ1) is 10.2. The second-order valence-electron chi connectivity index (χ2n) is 5.30. The number of aromatic nitrogens is 2. The Morgan fingerprint density at radius 1 is 1.14 bits per heavy atom. The van der Waals surface area contributed by atoms with Crippen molar-refractivity contribution in [1.29, 1.82) is 0 Å². The number of nitrogens with zero attached hydrogens (tertiary/aromatic N) is 2. The zero-order valence-corrected chi connectivity index (χ0v) is 12.1. The molecule has 0 bridgehead atoms. The van der Waals surface area contributed by atoms with Gasteiger partial charge in [0.2, 0.25) is 0 Å². The fourth-order valence-electron chi connectivity index (χ4n) is 2.75. The van der Waals surface area contributed by atoms with Gasteiger partial charge in [0.15, 0.2) is 17.3 Å². The molecular weight excluding hydrogens is 266 g/mol. The Hall–Kier alpha value is -2.30. The van der Waals surface area contributed by atoms with Crippen LogP contribution in [0.1, 0.15) is 30.5 Å². The van der Waals surface area contributed by atoms with Crippen molar-refractivity contribution in [3.8, 4) is 22.9 Å². The maximum Gasteiger partial charge on any atom is 0.161 e. The van der Waals surface area contributed by atoms with Gasteiger partial charge in [-0.3, -0.25) is 0 Å². The Labute approximate surface area is 123 Å². The molecular formula is C16H19N3O2. The highest BCUT2D eigenvalue weighted by atomic mass is 16.5. The molecule has 0 saturated carbocycles. The minimum Gasteiger partial charge on any atom is -0.504 e. The van der Waals surface area contributed by atoms with Crippen LogP contribution in [0.15, 0.2) is 18.2 Å². The van der Waals surface area contributed by atoms with E-state index in [1.165, 1.54) is 13.5 Å². The van der Waals surface area contributed by atoms with E-state index in [1.54, 1.807) is 18.2 Å². The number of aromatic hydroxyl groups is 1. The molecule has 5 nitrogen and oxygen atoms in total. The molecule has 3 N–H and O–H groups in total. The second kappa shape index (κ2) is 5.60. The third kappa shape index (κ3) is 2.63. The van der Waals surface area contributed by atoms with Crippen molar-refractivity contribution in [3.05, 3.63) is 29.5 Å². The van der Waals surface area contributed by atoms with Crippen molar-refractivity contribution >= 4 is 5.82 Å². The Morgan fingerprint density at radius 2 is 1.95 bits per heavy atom. The van der Waals surface area contributed by atoms with Crippen LogP contribution in [0.5, 0.6) is 11.5 Å². The molecule has 0 fully saturated rings. The highest BCUT2D eigenvalue weighted by Gasteiger charge is 2.16. The molecule has 1 aliphatic carbocycles. The molecule has 5 heteroatoms. The summed E-state index contributed by atoms with van der Waals surface area (Å²) in [7, 11) is 1.52. The number of hydrogen-bond donors (Lipinski definition) is 2. The van der Waals surface area contributed by atoms with Crippen LogP contribution in [0, 0.1) is 0 Å². The summed E-state index contributed by atoms with van der Waals surface area (Å²) in [5.41, 5.74) is 9.07. The molecule has 1 aliphatic rings. The van der Waals surface area contributed by atoms with Gasteiger partial charge < -0.3 is 15.6 Å². The monoisotopic (exact) mass is 285 g/mol. The van der Waals surface area contributed by atoms with E-state index in [0.29, 0.717) is 17.4 Å².